The van der Waals surface area contributed by atoms with Gasteiger partial charge in [-0.05, 0) is 16.8 Å². The van der Waals surface area contributed by atoms with Crippen molar-refractivity contribution in [3.63, 3.8) is 0 Å². The third-order valence-corrected chi connectivity index (χ3v) is 2.67. The van der Waals surface area contributed by atoms with Crippen molar-refractivity contribution in [2.45, 2.75) is 0 Å². The second-order valence-electron chi connectivity index (χ2n) is 3.25. The summed E-state index contributed by atoms with van der Waals surface area (Å²) in [5, 5.41) is 13.7. The van der Waals surface area contributed by atoms with Crippen molar-refractivity contribution < 1.29 is 9.94 Å². The average Bonchev–Trinajstić information content (AvgIpc) is 2.36. The van der Waals surface area contributed by atoms with E-state index >= 15 is 0 Å². The number of fused-ring (bicyclic) bond motifs is 1. The molecule has 0 heterocycles. The van der Waals surface area contributed by atoms with E-state index in [1.54, 1.807) is 13.2 Å². The highest BCUT2D eigenvalue weighted by Gasteiger charge is 2.12. The molecule has 3 nitrogen and oxygen atoms in total. The molecule has 0 amide bonds. The molecule has 0 fully saturated rings. The van der Waals surface area contributed by atoms with Crippen molar-refractivity contribution in [2.24, 2.45) is 5.16 Å². The van der Waals surface area contributed by atoms with Gasteiger partial charge >= 0.3 is 0 Å². The van der Waals surface area contributed by atoms with Crippen LogP contribution in [0.3, 0.4) is 0 Å². The summed E-state index contributed by atoms with van der Waals surface area (Å²) < 4.78 is 5.20. The molecule has 2 aromatic carbocycles. The van der Waals surface area contributed by atoms with Crippen LogP contribution >= 0.6 is 11.6 Å². The Morgan fingerprint density at radius 1 is 1.25 bits per heavy atom. The number of methoxy groups -OCH3 is 1. The molecule has 0 aliphatic heterocycles. The molecule has 0 radical (unpaired) electrons. The number of hydrogen-bond donors (Lipinski definition) is 1. The van der Waals surface area contributed by atoms with Crippen LogP contribution in [0.5, 0.6) is 5.75 Å². The Labute approximate surface area is 97.9 Å². The number of benzene rings is 2. The largest absolute Gasteiger partial charge is 0.496 e. The van der Waals surface area contributed by atoms with Gasteiger partial charge < -0.3 is 9.94 Å². The molecule has 4 heteroatoms. The van der Waals surface area contributed by atoms with Gasteiger partial charge in [0, 0.05) is 0 Å². The van der Waals surface area contributed by atoms with Gasteiger partial charge in [-0.1, -0.05) is 47.1 Å². The zero-order chi connectivity index (χ0) is 11.5. The van der Waals surface area contributed by atoms with Gasteiger partial charge in [-0.3, -0.25) is 0 Å². The Kier molecular flexibility index (Phi) is 2.97. The summed E-state index contributed by atoms with van der Waals surface area (Å²) in [5.41, 5.74) is 0.602. The van der Waals surface area contributed by atoms with Crippen molar-refractivity contribution in [2.75, 3.05) is 7.11 Å². The van der Waals surface area contributed by atoms with E-state index in [-0.39, 0.29) is 5.17 Å². The van der Waals surface area contributed by atoms with E-state index in [9.17, 15) is 0 Å². The number of nitrogens with zero attached hydrogens (tertiary/aromatic N) is 1. The van der Waals surface area contributed by atoms with E-state index in [2.05, 4.69) is 5.16 Å². The molecule has 0 saturated carbocycles. The summed E-state index contributed by atoms with van der Waals surface area (Å²) in [6.07, 6.45) is 0. The normalized spacial score (nSPS) is 11.8. The highest BCUT2D eigenvalue weighted by atomic mass is 35.5. The van der Waals surface area contributed by atoms with Gasteiger partial charge in [-0.25, -0.2) is 0 Å². The number of oxime groups is 1. The van der Waals surface area contributed by atoms with Crippen molar-refractivity contribution >= 4 is 27.5 Å². The smallest absolute Gasteiger partial charge is 0.179 e. The van der Waals surface area contributed by atoms with Gasteiger partial charge in [0.2, 0.25) is 0 Å². The fourth-order valence-corrected chi connectivity index (χ4v) is 1.88. The minimum Gasteiger partial charge on any atom is -0.496 e. The lowest BCUT2D eigenvalue weighted by atomic mass is 10.0. The molecule has 0 aromatic heterocycles. The highest BCUT2D eigenvalue weighted by molar-refractivity contribution is 6.70. The maximum atomic E-state index is 8.77. The van der Waals surface area contributed by atoms with Crippen molar-refractivity contribution in [3.8, 4) is 5.75 Å². The van der Waals surface area contributed by atoms with Crippen LogP contribution in [0.15, 0.2) is 41.6 Å². The van der Waals surface area contributed by atoms with Crippen molar-refractivity contribution in [1.29, 1.82) is 0 Å². The lowest BCUT2D eigenvalue weighted by Crippen LogP contribution is -1.98. The van der Waals surface area contributed by atoms with E-state index in [1.807, 2.05) is 30.3 Å². The molecule has 2 rings (SSSR count). The Morgan fingerprint density at radius 2 is 2.00 bits per heavy atom. The van der Waals surface area contributed by atoms with Gasteiger partial charge in [-0.15, -0.1) is 0 Å². The first kappa shape index (κ1) is 10.8. The molecule has 0 unspecified atom stereocenters. The van der Waals surface area contributed by atoms with Crippen molar-refractivity contribution in [3.05, 3.63) is 42.0 Å². The van der Waals surface area contributed by atoms with E-state index < -0.39 is 0 Å². The number of hydrogen-bond acceptors (Lipinski definition) is 3. The lowest BCUT2D eigenvalue weighted by Gasteiger charge is -2.09. The first-order chi connectivity index (χ1) is 7.77. The molecule has 0 bridgehead atoms. The van der Waals surface area contributed by atoms with Crippen molar-refractivity contribution in [1.82, 2.24) is 0 Å². The van der Waals surface area contributed by atoms with Crippen LogP contribution < -0.4 is 4.74 Å². The molecule has 82 valence electrons. The Balaban J connectivity index is 2.83. The predicted molar refractivity (Wildman–Crippen MR) is 64.7 cm³/mol. The van der Waals surface area contributed by atoms with Gasteiger partial charge in [0.25, 0.3) is 0 Å². The molecule has 0 spiro atoms. The fraction of sp³-hybridized carbons (Fsp3) is 0.0833. The zero-order valence-corrected chi connectivity index (χ0v) is 9.40. The van der Waals surface area contributed by atoms with E-state index in [0.29, 0.717) is 11.3 Å². The molecule has 0 atom stereocenters. The average molecular weight is 236 g/mol. The van der Waals surface area contributed by atoms with Gasteiger partial charge in [0.1, 0.15) is 5.75 Å². The third-order valence-electron chi connectivity index (χ3n) is 2.40. The predicted octanol–water partition coefficient (Wildman–Crippen LogP) is 3.22. The van der Waals surface area contributed by atoms with Gasteiger partial charge in [0.15, 0.2) is 5.17 Å². The first-order valence-corrected chi connectivity index (χ1v) is 5.09. The molecule has 0 saturated heterocycles. The van der Waals surface area contributed by atoms with Crippen LogP contribution in [0.4, 0.5) is 0 Å². The Morgan fingerprint density at radius 3 is 2.69 bits per heavy atom. The van der Waals surface area contributed by atoms with Gasteiger partial charge in [0.05, 0.1) is 12.7 Å². The minimum atomic E-state index is 0.0219. The number of ether oxygens (including phenoxy) is 1. The zero-order valence-electron chi connectivity index (χ0n) is 8.64. The summed E-state index contributed by atoms with van der Waals surface area (Å²) in [6, 6.07) is 11.4. The summed E-state index contributed by atoms with van der Waals surface area (Å²) >= 11 is 5.87. The number of rotatable bonds is 2. The Bertz CT molecular complexity index is 552. The number of halogens is 1. The lowest BCUT2D eigenvalue weighted by molar-refractivity contribution is 0.320. The summed E-state index contributed by atoms with van der Waals surface area (Å²) in [7, 11) is 1.55. The summed E-state index contributed by atoms with van der Waals surface area (Å²) in [5.74, 6) is 0.585. The topological polar surface area (TPSA) is 41.8 Å². The second kappa shape index (κ2) is 4.41. The van der Waals surface area contributed by atoms with Crippen LogP contribution in [0.25, 0.3) is 10.8 Å². The van der Waals surface area contributed by atoms with Gasteiger partial charge in [-0.2, -0.15) is 0 Å². The maximum absolute atomic E-state index is 8.77. The minimum absolute atomic E-state index is 0.0219. The molecule has 0 aliphatic rings. The monoisotopic (exact) mass is 235 g/mol. The molecular weight excluding hydrogens is 226 g/mol. The molecular formula is C12H10ClNO2. The molecule has 2 aromatic rings. The van der Waals surface area contributed by atoms with E-state index in [1.165, 1.54) is 0 Å². The van der Waals surface area contributed by atoms with Crippen LogP contribution in [-0.4, -0.2) is 17.5 Å². The van der Waals surface area contributed by atoms with E-state index in [4.69, 9.17) is 21.5 Å². The second-order valence-corrected chi connectivity index (χ2v) is 3.61. The SMILES string of the molecule is COc1ccc2ccccc2c1/C(Cl)=N/O. The third kappa shape index (κ3) is 1.70. The standard InChI is InChI=1S/C12H10ClNO2/c1-16-10-7-6-8-4-2-3-5-9(8)11(10)12(13)14-15/h2-7,15H,1H3/b14-12-. The molecule has 0 aliphatic carbocycles. The summed E-state index contributed by atoms with van der Waals surface area (Å²) in [4.78, 5) is 0. The summed E-state index contributed by atoms with van der Waals surface area (Å²) in [6.45, 7) is 0. The van der Waals surface area contributed by atoms with Crippen LogP contribution in [0.1, 0.15) is 5.56 Å². The quantitative estimate of drug-likeness (QED) is 0.493. The maximum Gasteiger partial charge on any atom is 0.179 e. The highest BCUT2D eigenvalue weighted by Crippen LogP contribution is 2.29. The van der Waals surface area contributed by atoms with E-state index in [0.717, 1.165) is 10.8 Å². The fourth-order valence-electron chi connectivity index (χ4n) is 1.68. The Hall–Kier alpha value is -1.74. The van der Waals surface area contributed by atoms with Crippen LogP contribution in [-0.2, 0) is 0 Å². The molecule has 1 N–H and O–H groups in total. The van der Waals surface area contributed by atoms with Crippen LogP contribution in [0, 0.1) is 0 Å². The van der Waals surface area contributed by atoms with Crippen LogP contribution in [0.2, 0.25) is 0 Å². The molecule has 16 heavy (non-hydrogen) atoms. The first-order valence-electron chi connectivity index (χ1n) is 4.71.